The molecule has 176 valence electrons. The van der Waals surface area contributed by atoms with Gasteiger partial charge in [-0.2, -0.15) is 5.10 Å². The Morgan fingerprint density at radius 3 is 2.72 bits per heavy atom. The lowest BCUT2D eigenvalue weighted by molar-refractivity contribution is -0.132. The highest BCUT2D eigenvalue weighted by atomic mass is 127. The summed E-state index contributed by atoms with van der Waals surface area (Å²) in [5.41, 5.74) is 2.23. The zero-order chi connectivity index (χ0) is 22.3. The van der Waals surface area contributed by atoms with Crippen molar-refractivity contribution in [3.8, 4) is 0 Å². The lowest BCUT2D eigenvalue weighted by Crippen LogP contribution is -2.40. The van der Waals surface area contributed by atoms with E-state index in [2.05, 4.69) is 38.9 Å². The normalized spacial score (nSPS) is 15.4. The monoisotopic (exact) mass is 554 g/mol. The van der Waals surface area contributed by atoms with Crippen LogP contribution in [0.25, 0.3) is 0 Å². The highest BCUT2D eigenvalue weighted by molar-refractivity contribution is 14.0. The summed E-state index contributed by atoms with van der Waals surface area (Å²) in [6.45, 7) is 6.78. The van der Waals surface area contributed by atoms with Crippen molar-refractivity contribution in [3.05, 3.63) is 53.3 Å². The van der Waals surface area contributed by atoms with Crippen molar-refractivity contribution in [1.82, 2.24) is 25.3 Å². The number of halogens is 1. The first-order valence-electron chi connectivity index (χ1n) is 11.0. The van der Waals surface area contributed by atoms with Crippen molar-refractivity contribution in [3.63, 3.8) is 0 Å². The third-order valence-corrected chi connectivity index (χ3v) is 5.56. The molecule has 0 bridgehead atoms. The maximum Gasteiger partial charge on any atom is 0.222 e. The van der Waals surface area contributed by atoms with E-state index in [4.69, 9.17) is 0 Å². The topological polar surface area (TPSA) is 94.8 Å². The van der Waals surface area contributed by atoms with Gasteiger partial charge in [0, 0.05) is 51.4 Å². The number of aliphatic hydroxyl groups is 1. The number of aromatic nitrogens is 2. The molecule has 9 heteroatoms. The third kappa shape index (κ3) is 7.19. The summed E-state index contributed by atoms with van der Waals surface area (Å²) < 4.78 is 1.66. The van der Waals surface area contributed by atoms with Crippen LogP contribution < -0.4 is 10.6 Å². The summed E-state index contributed by atoms with van der Waals surface area (Å²) in [5.74, 6) is 0.823. The zero-order valence-corrected chi connectivity index (χ0v) is 21.5. The zero-order valence-electron chi connectivity index (χ0n) is 19.2. The van der Waals surface area contributed by atoms with E-state index in [-0.39, 0.29) is 36.4 Å². The smallest absolute Gasteiger partial charge is 0.222 e. The molecule has 3 N–H and O–H groups in total. The Balaban J connectivity index is 0.00000363. The standard InChI is InChI=1S/C23H34N6O2.HI/c1-4-24-22(26-17-23(2,31)20-14-27-28(3)16-20)25-12-7-10-21(30)29-13-11-18-8-5-6-9-19(18)15-29;/h5-6,8-9,14,16,31H,4,7,10-13,15,17H2,1-3H3,(H2,24,25,26);1H. The van der Waals surface area contributed by atoms with Gasteiger partial charge < -0.3 is 20.6 Å². The molecule has 0 aliphatic carbocycles. The van der Waals surface area contributed by atoms with Gasteiger partial charge in [-0.25, -0.2) is 4.99 Å². The Labute approximate surface area is 207 Å². The van der Waals surface area contributed by atoms with E-state index in [1.807, 2.05) is 24.9 Å². The predicted molar refractivity (Wildman–Crippen MR) is 137 cm³/mol. The molecule has 0 saturated carbocycles. The number of nitrogens with zero attached hydrogens (tertiary/aromatic N) is 4. The van der Waals surface area contributed by atoms with Crippen molar-refractivity contribution in [2.45, 2.75) is 45.3 Å². The second kappa shape index (κ2) is 12.2. The van der Waals surface area contributed by atoms with Crippen LogP contribution in [0.2, 0.25) is 0 Å². The van der Waals surface area contributed by atoms with Crippen molar-refractivity contribution in [2.75, 3.05) is 26.2 Å². The number of aryl methyl sites for hydroxylation is 1. The fourth-order valence-corrected chi connectivity index (χ4v) is 3.68. The summed E-state index contributed by atoms with van der Waals surface area (Å²) in [6.07, 6.45) is 5.59. The molecular weight excluding hydrogens is 519 g/mol. The average Bonchev–Trinajstić information content (AvgIpc) is 3.21. The Morgan fingerprint density at radius 1 is 1.28 bits per heavy atom. The van der Waals surface area contributed by atoms with Gasteiger partial charge in [-0.15, -0.1) is 24.0 Å². The maximum absolute atomic E-state index is 12.6. The number of fused-ring (bicyclic) bond motifs is 1. The molecule has 1 aromatic heterocycles. The van der Waals surface area contributed by atoms with Crippen LogP contribution in [0.4, 0.5) is 0 Å². The summed E-state index contributed by atoms with van der Waals surface area (Å²) in [5, 5.41) is 21.3. The first-order chi connectivity index (χ1) is 14.9. The molecule has 1 aliphatic heterocycles. The summed E-state index contributed by atoms with van der Waals surface area (Å²) in [6, 6.07) is 8.34. The van der Waals surface area contributed by atoms with Gasteiger partial charge in [0.2, 0.25) is 5.91 Å². The van der Waals surface area contributed by atoms with Gasteiger partial charge in [-0.1, -0.05) is 24.3 Å². The van der Waals surface area contributed by atoms with E-state index >= 15 is 0 Å². The minimum Gasteiger partial charge on any atom is -0.383 e. The highest BCUT2D eigenvalue weighted by Crippen LogP contribution is 2.20. The minimum absolute atomic E-state index is 0. The summed E-state index contributed by atoms with van der Waals surface area (Å²) >= 11 is 0. The van der Waals surface area contributed by atoms with Gasteiger partial charge >= 0.3 is 0 Å². The first kappa shape index (κ1) is 26.1. The number of benzene rings is 1. The van der Waals surface area contributed by atoms with E-state index in [9.17, 15) is 9.90 Å². The predicted octanol–water partition coefficient (Wildman–Crippen LogP) is 2.17. The van der Waals surface area contributed by atoms with Gasteiger partial charge in [0.25, 0.3) is 0 Å². The minimum atomic E-state index is -1.10. The van der Waals surface area contributed by atoms with Gasteiger partial charge in [-0.3, -0.25) is 9.48 Å². The molecule has 1 aliphatic rings. The van der Waals surface area contributed by atoms with E-state index < -0.39 is 5.60 Å². The van der Waals surface area contributed by atoms with Crippen LogP contribution in [-0.2, 0) is 30.4 Å². The van der Waals surface area contributed by atoms with E-state index in [1.54, 1.807) is 24.0 Å². The largest absolute Gasteiger partial charge is 0.383 e. The van der Waals surface area contributed by atoms with Crippen LogP contribution in [0.5, 0.6) is 0 Å². The van der Waals surface area contributed by atoms with Crippen LogP contribution in [0.3, 0.4) is 0 Å². The Hall–Kier alpha value is -2.14. The number of hydrogen-bond acceptors (Lipinski definition) is 4. The van der Waals surface area contributed by atoms with Crippen LogP contribution in [-0.4, -0.2) is 57.8 Å². The van der Waals surface area contributed by atoms with Crippen LogP contribution in [0.15, 0.2) is 41.7 Å². The molecule has 1 amide bonds. The molecule has 0 fully saturated rings. The van der Waals surface area contributed by atoms with Crippen LogP contribution in [0, 0.1) is 0 Å². The van der Waals surface area contributed by atoms with E-state index in [1.165, 1.54) is 11.1 Å². The van der Waals surface area contributed by atoms with Gasteiger partial charge in [0.05, 0.1) is 12.7 Å². The number of aliphatic imine (C=N–C) groups is 1. The molecule has 2 aromatic rings. The molecule has 1 unspecified atom stereocenters. The number of nitrogens with one attached hydrogen (secondary N) is 2. The molecular formula is C23H35IN6O2. The molecule has 3 rings (SSSR count). The fraction of sp³-hybridized carbons (Fsp3) is 0.522. The SMILES string of the molecule is CCNC(=NCC(C)(O)c1cnn(C)c1)NCCCC(=O)N1CCc2ccccc2C1.I. The summed E-state index contributed by atoms with van der Waals surface area (Å²) in [4.78, 5) is 19.1. The highest BCUT2D eigenvalue weighted by Gasteiger charge is 2.24. The number of guanidine groups is 1. The Morgan fingerprint density at radius 2 is 2.03 bits per heavy atom. The van der Waals surface area contributed by atoms with Gasteiger partial charge in [0.1, 0.15) is 5.60 Å². The summed E-state index contributed by atoms with van der Waals surface area (Å²) in [7, 11) is 1.82. The molecule has 1 aromatic carbocycles. The Kier molecular flexibility index (Phi) is 9.95. The number of hydrogen-bond donors (Lipinski definition) is 3. The number of rotatable bonds is 8. The number of carbonyl (C=O) groups is 1. The molecule has 0 radical (unpaired) electrons. The van der Waals surface area contributed by atoms with Crippen molar-refractivity contribution in [1.29, 1.82) is 0 Å². The fourth-order valence-electron chi connectivity index (χ4n) is 3.68. The van der Waals surface area contributed by atoms with E-state index in [0.29, 0.717) is 32.0 Å². The average molecular weight is 554 g/mol. The quantitative estimate of drug-likeness (QED) is 0.201. The lowest BCUT2D eigenvalue weighted by atomic mass is 9.99. The second-order valence-corrected chi connectivity index (χ2v) is 8.24. The molecule has 1 atom stereocenters. The van der Waals surface area contributed by atoms with Gasteiger partial charge in [-0.05, 0) is 37.8 Å². The van der Waals surface area contributed by atoms with Crippen LogP contribution >= 0.6 is 24.0 Å². The van der Waals surface area contributed by atoms with Crippen molar-refractivity contribution < 1.29 is 9.90 Å². The van der Waals surface area contributed by atoms with Crippen molar-refractivity contribution in [2.24, 2.45) is 12.0 Å². The first-order valence-corrected chi connectivity index (χ1v) is 11.0. The van der Waals surface area contributed by atoms with E-state index in [0.717, 1.165) is 24.9 Å². The molecule has 32 heavy (non-hydrogen) atoms. The van der Waals surface area contributed by atoms with Gasteiger partial charge in [0.15, 0.2) is 5.96 Å². The van der Waals surface area contributed by atoms with Crippen molar-refractivity contribution >= 4 is 35.8 Å². The number of carbonyl (C=O) groups excluding carboxylic acids is 1. The molecule has 2 heterocycles. The Bertz CT molecular complexity index is 911. The molecule has 8 nitrogen and oxygen atoms in total. The maximum atomic E-state index is 12.6. The third-order valence-electron chi connectivity index (χ3n) is 5.56. The second-order valence-electron chi connectivity index (χ2n) is 8.24. The molecule has 0 saturated heterocycles. The van der Waals surface area contributed by atoms with Crippen LogP contribution in [0.1, 0.15) is 43.4 Å². The molecule has 0 spiro atoms. The lowest BCUT2D eigenvalue weighted by Gasteiger charge is -2.29. The number of amides is 1.